The minimum absolute atomic E-state index is 0.277. The van der Waals surface area contributed by atoms with Crippen molar-refractivity contribution in [2.45, 2.75) is 58.7 Å². The maximum absolute atomic E-state index is 10.9. The van der Waals surface area contributed by atoms with Gasteiger partial charge in [0, 0.05) is 0 Å². The Balaban J connectivity index is 5.14. The summed E-state index contributed by atoms with van der Waals surface area (Å²) in [5.41, 5.74) is -1.11. The molecule has 0 aliphatic heterocycles. The first-order chi connectivity index (χ1) is 7.45. The minimum atomic E-state index is -0.836. The third kappa shape index (κ3) is 2.76. The van der Waals surface area contributed by atoms with E-state index in [-0.39, 0.29) is 5.54 Å². The molecule has 0 heterocycles. The van der Waals surface area contributed by atoms with Crippen molar-refractivity contribution in [3.8, 4) is 0 Å². The SMILES string of the molecule is [CH2]CNC(CC)(CC)C(C)(O)N(CC)CC. The average Bonchev–Trinajstić information content (AvgIpc) is 2.27. The molecule has 3 nitrogen and oxygen atoms in total. The molecule has 0 bridgehead atoms. The van der Waals surface area contributed by atoms with E-state index in [1.54, 1.807) is 0 Å². The van der Waals surface area contributed by atoms with E-state index in [0.29, 0.717) is 6.54 Å². The van der Waals surface area contributed by atoms with Crippen LogP contribution in [0.3, 0.4) is 0 Å². The summed E-state index contributed by atoms with van der Waals surface area (Å²) in [6.07, 6.45) is 1.78. The first kappa shape index (κ1) is 15.9. The van der Waals surface area contributed by atoms with Crippen molar-refractivity contribution in [1.29, 1.82) is 0 Å². The smallest absolute Gasteiger partial charge is 0.133 e. The van der Waals surface area contributed by atoms with Gasteiger partial charge in [-0.05, 0) is 46.3 Å². The Morgan fingerprint density at radius 2 is 1.56 bits per heavy atom. The molecular formula is C13H29N2O. The van der Waals surface area contributed by atoms with E-state index >= 15 is 0 Å². The van der Waals surface area contributed by atoms with Gasteiger partial charge in [0.05, 0.1) is 5.54 Å². The Labute approximate surface area is 101 Å². The summed E-state index contributed by atoms with van der Waals surface area (Å²) in [6.45, 7) is 16.5. The Bertz CT molecular complexity index is 184. The van der Waals surface area contributed by atoms with Crippen LogP contribution in [0, 0.1) is 6.92 Å². The van der Waals surface area contributed by atoms with Crippen LogP contribution >= 0.6 is 0 Å². The number of hydrogen-bond acceptors (Lipinski definition) is 3. The fourth-order valence-electron chi connectivity index (χ4n) is 2.72. The zero-order valence-electron chi connectivity index (χ0n) is 11.6. The predicted octanol–water partition coefficient (Wildman–Crippen LogP) is 2.02. The Hall–Kier alpha value is -0.120. The Morgan fingerprint density at radius 1 is 1.12 bits per heavy atom. The molecular weight excluding hydrogens is 200 g/mol. The molecule has 16 heavy (non-hydrogen) atoms. The molecule has 2 N–H and O–H groups in total. The molecule has 0 amide bonds. The molecule has 0 aromatic carbocycles. The molecule has 0 aliphatic carbocycles. The van der Waals surface area contributed by atoms with Crippen LogP contribution in [-0.2, 0) is 0 Å². The first-order valence-corrected chi connectivity index (χ1v) is 6.47. The van der Waals surface area contributed by atoms with Crippen LogP contribution in [0.5, 0.6) is 0 Å². The lowest BCUT2D eigenvalue weighted by molar-refractivity contribution is -0.156. The molecule has 0 saturated carbocycles. The summed E-state index contributed by atoms with van der Waals surface area (Å²) in [5, 5.41) is 14.2. The highest BCUT2D eigenvalue weighted by Crippen LogP contribution is 2.32. The summed E-state index contributed by atoms with van der Waals surface area (Å²) < 4.78 is 0. The van der Waals surface area contributed by atoms with Crippen molar-refractivity contribution in [1.82, 2.24) is 10.2 Å². The van der Waals surface area contributed by atoms with Crippen LogP contribution in [0.25, 0.3) is 0 Å². The fraction of sp³-hybridized carbons (Fsp3) is 0.923. The van der Waals surface area contributed by atoms with Crippen LogP contribution in [0.2, 0.25) is 0 Å². The third-order valence-electron chi connectivity index (χ3n) is 3.96. The quantitative estimate of drug-likeness (QED) is 0.625. The van der Waals surface area contributed by atoms with E-state index in [1.165, 1.54) is 0 Å². The monoisotopic (exact) mass is 229 g/mol. The van der Waals surface area contributed by atoms with E-state index < -0.39 is 5.72 Å². The lowest BCUT2D eigenvalue weighted by Crippen LogP contribution is -2.68. The average molecular weight is 229 g/mol. The summed E-state index contributed by atoms with van der Waals surface area (Å²) >= 11 is 0. The largest absolute Gasteiger partial charge is 0.374 e. The highest BCUT2D eigenvalue weighted by Gasteiger charge is 2.46. The summed E-state index contributed by atoms with van der Waals surface area (Å²) in [5.74, 6) is 0. The molecule has 1 atom stereocenters. The number of likely N-dealkylation sites (N-methyl/N-ethyl adjacent to an activating group) is 1. The fourth-order valence-corrected chi connectivity index (χ4v) is 2.72. The standard InChI is InChI=1S/C13H29N2O/c1-7-13(8-2,14-9-3)12(6,16)15(10-4)11-5/h14,16H,3,7-11H2,1-2,4-6H3. The van der Waals surface area contributed by atoms with Gasteiger partial charge < -0.3 is 10.4 Å². The second-order valence-corrected chi connectivity index (χ2v) is 4.41. The molecule has 0 aromatic rings. The van der Waals surface area contributed by atoms with Crippen LogP contribution in [0.4, 0.5) is 0 Å². The molecule has 3 heteroatoms. The molecule has 0 rings (SSSR count). The predicted molar refractivity (Wildman–Crippen MR) is 70.2 cm³/mol. The zero-order chi connectivity index (χ0) is 12.8. The highest BCUT2D eigenvalue weighted by atomic mass is 16.3. The molecule has 0 saturated heterocycles. The Kier molecular flexibility index (Phi) is 6.53. The second-order valence-electron chi connectivity index (χ2n) is 4.41. The second kappa shape index (κ2) is 6.58. The van der Waals surface area contributed by atoms with Crippen LogP contribution in [-0.4, -0.2) is 40.9 Å². The molecule has 0 aliphatic rings. The van der Waals surface area contributed by atoms with Crippen molar-refractivity contribution in [2.75, 3.05) is 19.6 Å². The van der Waals surface area contributed by atoms with E-state index in [2.05, 4.69) is 44.8 Å². The van der Waals surface area contributed by atoms with Crippen molar-refractivity contribution < 1.29 is 5.11 Å². The van der Waals surface area contributed by atoms with E-state index in [1.807, 2.05) is 6.92 Å². The first-order valence-electron chi connectivity index (χ1n) is 6.47. The van der Waals surface area contributed by atoms with E-state index in [0.717, 1.165) is 25.9 Å². The van der Waals surface area contributed by atoms with E-state index in [4.69, 9.17) is 0 Å². The number of rotatable bonds is 8. The van der Waals surface area contributed by atoms with Gasteiger partial charge >= 0.3 is 0 Å². The van der Waals surface area contributed by atoms with Gasteiger partial charge in [-0.15, -0.1) is 0 Å². The summed E-state index contributed by atoms with van der Waals surface area (Å²) in [6, 6.07) is 0. The van der Waals surface area contributed by atoms with Crippen LogP contribution < -0.4 is 5.32 Å². The summed E-state index contributed by atoms with van der Waals surface area (Å²) in [7, 11) is 0. The molecule has 1 unspecified atom stereocenters. The highest BCUT2D eigenvalue weighted by molar-refractivity contribution is 5.01. The molecule has 0 spiro atoms. The Morgan fingerprint density at radius 3 is 1.81 bits per heavy atom. The van der Waals surface area contributed by atoms with Crippen molar-refractivity contribution in [3.05, 3.63) is 6.92 Å². The number of nitrogens with one attached hydrogen (secondary N) is 1. The number of hydrogen-bond donors (Lipinski definition) is 2. The minimum Gasteiger partial charge on any atom is -0.374 e. The van der Waals surface area contributed by atoms with Gasteiger partial charge in [-0.25, -0.2) is 0 Å². The lowest BCUT2D eigenvalue weighted by atomic mass is 9.81. The summed E-state index contributed by atoms with van der Waals surface area (Å²) in [4.78, 5) is 2.10. The van der Waals surface area contributed by atoms with Crippen molar-refractivity contribution in [2.24, 2.45) is 0 Å². The van der Waals surface area contributed by atoms with Crippen LogP contribution in [0.15, 0.2) is 0 Å². The maximum atomic E-state index is 10.9. The van der Waals surface area contributed by atoms with Crippen molar-refractivity contribution >= 4 is 0 Å². The van der Waals surface area contributed by atoms with Gasteiger partial charge in [-0.2, -0.15) is 0 Å². The molecule has 97 valence electrons. The lowest BCUT2D eigenvalue weighted by Gasteiger charge is -2.50. The van der Waals surface area contributed by atoms with Crippen molar-refractivity contribution in [3.63, 3.8) is 0 Å². The molecule has 0 aromatic heterocycles. The van der Waals surface area contributed by atoms with Gasteiger partial charge in [-0.3, -0.25) is 4.90 Å². The zero-order valence-corrected chi connectivity index (χ0v) is 11.6. The van der Waals surface area contributed by atoms with E-state index in [9.17, 15) is 5.11 Å². The topological polar surface area (TPSA) is 35.5 Å². The third-order valence-corrected chi connectivity index (χ3v) is 3.96. The number of nitrogens with zero attached hydrogens (tertiary/aromatic N) is 1. The van der Waals surface area contributed by atoms with Gasteiger partial charge in [0.25, 0.3) is 0 Å². The van der Waals surface area contributed by atoms with Crippen LogP contribution in [0.1, 0.15) is 47.5 Å². The molecule has 1 radical (unpaired) electrons. The maximum Gasteiger partial charge on any atom is 0.133 e. The van der Waals surface area contributed by atoms with Gasteiger partial charge in [0.15, 0.2) is 0 Å². The van der Waals surface area contributed by atoms with Gasteiger partial charge in [-0.1, -0.05) is 27.7 Å². The van der Waals surface area contributed by atoms with Gasteiger partial charge in [0.2, 0.25) is 0 Å². The normalized spacial score (nSPS) is 16.5. The van der Waals surface area contributed by atoms with Gasteiger partial charge in [0.1, 0.15) is 5.72 Å². The number of aliphatic hydroxyl groups is 1. The molecule has 0 fully saturated rings.